The molecule has 0 fully saturated rings. The van der Waals surface area contributed by atoms with E-state index in [4.69, 9.17) is 0 Å². The minimum Gasteiger partial charge on any atom is -0.372 e. The van der Waals surface area contributed by atoms with Crippen LogP contribution in [0.4, 0.5) is 0 Å². The average Bonchev–Trinajstić information content (AvgIpc) is 2.65. The highest BCUT2D eigenvalue weighted by Crippen LogP contribution is 2.28. The van der Waals surface area contributed by atoms with Gasteiger partial charge >= 0.3 is 0 Å². The number of allylic oxidation sites excluding steroid dienone is 1. The Kier molecular flexibility index (Phi) is 1.40. The van der Waals surface area contributed by atoms with Crippen LogP contribution in [0, 0.1) is 0 Å². The Morgan fingerprint density at radius 2 is 2.46 bits per heavy atom. The molecular weight excluding hydrogens is 162 g/mol. The second-order valence-electron chi connectivity index (χ2n) is 3.40. The number of fused-ring (bicyclic) bond motifs is 2. The van der Waals surface area contributed by atoms with E-state index in [2.05, 4.69) is 33.9 Å². The Morgan fingerprint density at radius 3 is 3.46 bits per heavy atom. The topological polar surface area (TPSA) is 36.4 Å². The fourth-order valence-electron chi connectivity index (χ4n) is 1.97. The van der Waals surface area contributed by atoms with Gasteiger partial charge in [0.2, 0.25) is 0 Å². The van der Waals surface area contributed by atoms with E-state index >= 15 is 0 Å². The first-order valence-electron chi connectivity index (χ1n) is 4.55. The maximum atomic E-state index is 4.35. The molecule has 0 aromatic heterocycles. The van der Waals surface area contributed by atoms with E-state index in [1.807, 2.05) is 6.21 Å². The van der Waals surface area contributed by atoms with Crippen molar-refractivity contribution < 1.29 is 0 Å². The first-order chi connectivity index (χ1) is 6.45. The first kappa shape index (κ1) is 7.09. The second-order valence-corrected chi connectivity index (χ2v) is 3.40. The normalized spacial score (nSPS) is 29.5. The van der Waals surface area contributed by atoms with E-state index in [0.29, 0.717) is 0 Å². The van der Waals surface area contributed by atoms with Gasteiger partial charge in [-0.1, -0.05) is 12.2 Å². The fraction of sp³-hybridized carbons (Fsp3) is 0.300. The molecule has 0 radical (unpaired) electrons. The Bertz CT molecular complexity index is 360. The molecule has 1 aliphatic carbocycles. The molecule has 0 aromatic carbocycles. The Labute approximate surface area is 76.9 Å². The molecule has 0 spiro atoms. The summed E-state index contributed by atoms with van der Waals surface area (Å²) in [5.41, 5.74) is 3.95. The van der Waals surface area contributed by atoms with Gasteiger partial charge in [0.25, 0.3) is 0 Å². The smallest absolute Gasteiger partial charge is 0.0953 e. The second kappa shape index (κ2) is 2.57. The van der Waals surface area contributed by atoms with Crippen LogP contribution in [0.2, 0.25) is 0 Å². The van der Waals surface area contributed by atoms with E-state index in [-0.39, 0.29) is 6.04 Å². The molecule has 0 amide bonds. The van der Waals surface area contributed by atoms with Crippen molar-refractivity contribution >= 4 is 6.21 Å². The zero-order valence-corrected chi connectivity index (χ0v) is 7.25. The van der Waals surface area contributed by atoms with Crippen LogP contribution in [0.3, 0.4) is 0 Å². The predicted octanol–water partition coefficient (Wildman–Crippen LogP) is 0.340. The van der Waals surface area contributed by atoms with Crippen molar-refractivity contribution in [1.82, 2.24) is 10.6 Å². The summed E-state index contributed by atoms with van der Waals surface area (Å²) in [5.74, 6) is 0. The number of hydrogen-bond acceptors (Lipinski definition) is 3. The van der Waals surface area contributed by atoms with E-state index < -0.39 is 0 Å². The molecule has 3 rings (SSSR count). The summed E-state index contributed by atoms with van der Waals surface area (Å²) >= 11 is 0. The third-order valence-corrected chi connectivity index (χ3v) is 2.61. The van der Waals surface area contributed by atoms with Crippen molar-refractivity contribution in [2.45, 2.75) is 6.04 Å². The Balaban J connectivity index is 2.07. The highest BCUT2D eigenvalue weighted by atomic mass is 15.1. The summed E-state index contributed by atoms with van der Waals surface area (Å²) in [6, 6.07) is 0.268. The van der Waals surface area contributed by atoms with Crippen LogP contribution in [0.1, 0.15) is 0 Å². The van der Waals surface area contributed by atoms with Crippen molar-refractivity contribution in [2.75, 3.05) is 13.2 Å². The van der Waals surface area contributed by atoms with Gasteiger partial charge in [0.05, 0.1) is 12.7 Å². The molecular formula is C10H11N3. The summed E-state index contributed by atoms with van der Waals surface area (Å²) in [7, 11) is 0. The molecule has 66 valence electrons. The highest BCUT2D eigenvalue weighted by Gasteiger charge is 2.24. The van der Waals surface area contributed by atoms with Crippen molar-refractivity contribution in [3.63, 3.8) is 0 Å². The molecule has 3 heteroatoms. The molecule has 3 aliphatic rings. The number of rotatable bonds is 0. The molecule has 1 unspecified atom stereocenters. The van der Waals surface area contributed by atoms with E-state index in [9.17, 15) is 0 Å². The van der Waals surface area contributed by atoms with Crippen LogP contribution in [-0.2, 0) is 0 Å². The van der Waals surface area contributed by atoms with E-state index in [1.54, 1.807) is 0 Å². The van der Waals surface area contributed by atoms with Gasteiger partial charge in [0.1, 0.15) is 0 Å². The highest BCUT2D eigenvalue weighted by molar-refractivity contribution is 5.79. The maximum absolute atomic E-state index is 4.35. The van der Waals surface area contributed by atoms with E-state index in [0.717, 1.165) is 13.2 Å². The molecule has 0 saturated heterocycles. The molecule has 0 saturated carbocycles. The van der Waals surface area contributed by atoms with Crippen molar-refractivity contribution in [3.05, 3.63) is 35.1 Å². The minimum absolute atomic E-state index is 0.268. The van der Waals surface area contributed by atoms with Gasteiger partial charge in [-0.15, -0.1) is 0 Å². The van der Waals surface area contributed by atoms with Crippen molar-refractivity contribution in [3.8, 4) is 0 Å². The van der Waals surface area contributed by atoms with Crippen LogP contribution in [0.25, 0.3) is 0 Å². The zero-order chi connectivity index (χ0) is 8.67. The lowest BCUT2D eigenvalue weighted by atomic mass is 9.94. The maximum Gasteiger partial charge on any atom is 0.0953 e. The average molecular weight is 173 g/mol. The van der Waals surface area contributed by atoms with Crippen molar-refractivity contribution in [2.24, 2.45) is 4.99 Å². The first-order valence-corrected chi connectivity index (χ1v) is 4.55. The van der Waals surface area contributed by atoms with Crippen LogP contribution < -0.4 is 10.6 Å². The summed E-state index contributed by atoms with van der Waals surface area (Å²) in [6.45, 7) is 1.82. The quantitative estimate of drug-likeness (QED) is 0.554. The van der Waals surface area contributed by atoms with Gasteiger partial charge < -0.3 is 5.32 Å². The van der Waals surface area contributed by atoms with Gasteiger partial charge in [-0.2, -0.15) is 0 Å². The Morgan fingerprint density at radius 1 is 1.46 bits per heavy atom. The minimum atomic E-state index is 0.268. The molecule has 2 heterocycles. The third-order valence-electron chi connectivity index (χ3n) is 2.61. The lowest BCUT2D eigenvalue weighted by Crippen LogP contribution is -2.39. The van der Waals surface area contributed by atoms with Gasteiger partial charge in [-0.05, 0) is 11.6 Å². The van der Waals surface area contributed by atoms with Crippen molar-refractivity contribution in [1.29, 1.82) is 0 Å². The van der Waals surface area contributed by atoms with Crippen LogP contribution in [-0.4, -0.2) is 25.5 Å². The molecule has 3 nitrogen and oxygen atoms in total. The van der Waals surface area contributed by atoms with Crippen LogP contribution >= 0.6 is 0 Å². The summed E-state index contributed by atoms with van der Waals surface area (Å²) in [4.78, 5) is 4.35. The Hall–Kier alpha value is -1.35. The summed E-state index contributed by atoms with van der Waals surface area (Å²) < 4.78 is 0. The molecule has 2 N–H and O–H groups in total. The lowest BCUT2D eigenvalue weighted by molar-refractivity contribution is 0.619. The monoisotopic (exact) mass is 173 g/mol. The molecule has 0 bridgehead atoms. The van der Waals surface area contributed by atoms with Gasteiger partial charge in [0.15, 0.2) is 0 Å². The number of aliphatic imine (C=N–C) groups is 1. The SMILES string of the molecule is C1=CC2N=CC=C2C2=C1CNCN2. The molecule has 2 aliphatic heterocycles. The largest absolute Gasteiger partial charge is 0.372 e. The van der Waals surface area contributed by atoms with E-state index in [1.165, 1.54) is 16.8 Å². The number of hydrogen-bond donors (Lipinski definition) is 2. The standard InChI is InChI=1S/C10H11N3/c1-2-9-8(3-4-12-9)10-7(1)5-11-6-13-10/h1-4,9,11,13H,5-6H2. The van der Waals surface area contributed by atoms with Gasteiger partial charge in [0, 0.05) is 24.0 Å². The lowest BCUT2D eigenvalue weighted by Gasteiger charge is -2.27. The molecule has 0 aromatic rings. The van der Waals surface area contributed by atoms with Gasteiger partial charge in [-0.25, -0.2) is 0 Å². The zero-order valence-electron chi connectivity index (χ0n) is 7.25. The summed E-state index contributed by atoms with van der Waals surface area (Å²) in [6.07, 6.45) is 8.31. The molecule has 1 atom stereocenters. The summed E-state index contributed by atoms with van der Waals surface area (Å²) in [5, 5.41) is 6.64. The number of nitrogens with one attached hydrogen (secondary N) is 2. The fourth-order valence-corrected chi connectivity index (χ4v) is 1.97. The van der Waals surface area contributed by atoms with Gasteiger partial charge in [-0.3, -0.25) is 10.3 Å². The van der Waals surface area contributed by atoms with Crippen LogP contribution in [0.5, 0.6) is 0 Å². The number of nitrogens with zero attached hydrogens (tertiary/aromatic N) is 1. The predicted molar refractivity (Wildman–Crippen MR) is 52.5 cm³/mol. The molecule has 13 heavy (non-hydrogen) atoms. The third kappa shape index (κ3) is 0.971. The van der Waals surface area contributed by atoms with Crippen LogP contribution in [0.15, 0.2) is 40.1 Å².